The predicted octanol–water partition coefficient (Wildman–Crippen LogP) is 4.30. The molecule has 0 bridgehead atoms. The van der Waals surface area contributed by atoms with Gasteiger partial charge >= 0.3 is 0 Å². The fraction of sp³-hybridized carbons (Fsp3) is 0.400. The third kappa shape index (κ3) is 5.58. The van der Waals surface area contributed by atoms with Gasteiger partial charge in [0.15, 0.2) is 4.30 Å². The summed E-state index contributed by atoms with van der Waals surface area (Å²) in [6, 6.07) is 3.95. The van der Waals surface area contributed by atoms with Crippen molar-refractivity contribution in [1.82, 2.24) is 0 Å². The monoisotopic (exact) mass is 254 g/mol. The summed E-state index contributed by atoms with van der Waals surface area (Å²) in [6.45, 7) is 5.85. The molecule has 0 unspecified atom stereocenters. The highest BCUT2D eigenvalue weighted by Crippen LogP contribution is 2.21. The van der Waals surface area contributed by atoms with Crippen LogP contribution < -0.4 is 0 Å². The summed E-state index contributed by atoms with van der Waals surface area (Å²) in [5.41, 5.74) is 3.11. The topological polar surface area (TPSA) is 20.2 Å². The van der Waals surface area contributed by atoms with Gasteiger partial charge in [-0.25, -0.2) is 0 Å². The molecule has 0 fully saturated rings. The van der Waals surface area contributed by atoms with Gasteiger partial charge in [0.1, 0.15) is 5.75 Å². The van der Waals surface area contributed by atoms with E-state index in [2.05, 4.69) is 0 Å². The van der Waals surface area contributed by atoms with Crippen LogP contribution in [-0.4, -0.2) is 9.40 Å². The van der Waals surface area contributed by atoms with Crippen molar-refractivity contribution in [2.75, 3.05) is 0 Å². The Hall–Kier alpha value is -0.110. The summed E-state index contributed by atoms with van der Waals surface area (Å²) in [6.07, 6.45) is 0. The summed E-state index contributed by atoms with van der Waals surface area (Å²) in [5.74, 6) is 0.422. The molecule has 1 nitrogen and oxygen atoms in total. The van der Waals surface area contributed by atoms with Crippen LogP contribution in [0.3, 0.4) is 0 Å². The van der Waals surface area contributed by atoms with Crippen LogP contribution in [0.2, 0.25) is 0 Å². The third-order valence-corrected chi connectivity index (χ3v) is 1.64. The number of phenols is 1. The van der Waals surface area contributed by atoms with E-state index in [1.807, 2.05) is 32.9 Å². The van der Waals surface area contributed by atoms with Gasteiger partial charge in [-0.3, -0.25) is 0 Å². The van der Waals surface area contributed by atoms with Gasteiger partial charge in [-0.1, -0.05) is 52.5 Å². The fourth-order valence-corrected chi connectivity index (χ4v) is 1.17. The molecule has 0 radical (unpaired) electrons. The Morgan fingerprint density at radius 3 is 1.57 bits per heavy atom. The molecule has 0 aliphatic rings. The summed E-state index contributed by atoms with van der Waals surface area (Å²) >= 11 is 14.4. The SMILES string of the molecule is Cc1cc(C)c(O)c(C)c1.ClC(Cl)Cl. The molecule has 0 saturated heterocycles. The minimum Gasteiger partial charge on any atom is -0.507 e. The van der Waals surface area contributed by atoms with Gasteiger partial charge in [0.25, 0.3) is 0 Å². The lowest BCUT2D eigenvalue weighted by Crippen LogP contribution is -1.81. The van der Waals surface area contributed by atoms with E-state index in [1.165, 1.54) is 5.56 Å². The molecule has 0 heterocycles. The maximum atomic E-state index is 9.33. The van der Waals surface area contributed by atoms with Crippen molar-refractivity contribution < 1.29 is 5.11 Å². The summed E-state index contributed by atoms with van der Waals surface area (Å²) in [7, 11) is 0. The van der Waals surface area contributed by atoms with E-state index in [4.69, 9.17) is 34.8 Å². The number of rotatable bonds is 0. The number of halogens is 3. The van der Waals surface area contributed by atoms with E-state index in [0.29, 0.717) is 5.75 Å². The maximum Gasteiger partial charge on any atom is 0.180 e. The summed E-state index contributed by atoms with van der Waals surface area (Å²) in [4.78, 5) is 0. The van der Waals surface area contributed by atoms with E-state index in [1.54, 1.807) is 0 Å². The Balaban J connectivity index is 0.000000364. The summed E-state index contributed by atoms with van der Waals surface area (Å²) < 4.78 is -0.750. The van der Waals surface area contributed by atoms with Crippen LogP contribution in [0.25, 0.3) is 0 Å². The average molecular weight is 256 g/mol. The van der Waals surface area contributed by atoms with E-state index in [0.717, 1.165) is 11.1 Å². The number of aryl methyl sites for hydroxylation is 3. The third-order valence-electron chi connectivity index (χ3n) is 1.64. The van der Waals surface area contributed by atoms with Crippen molar-refractivity contribution in [2.24, 2.45) is 0 Å². The van der Waals surface area contributed by atoms with Gasteiger partial charge in [-0.2, -0.15) is 0 Å². The van der Waals surface area contributed by atoms with Crippen LogP contribution in [0.5, 0.6) is 5.75 Å². The van der Waals surface area contributed by atoms with Crippen LogP contribution in [0.1, 0.15) is 16.7 Å². The number of benzene rings is 1. The van der Waals surface area contributed by atoms with Crippen molar-refractivity contribution in [1.29, 1.82) is 0 Å². The first-order valence-corrected chi connectivity index (χ1v) is 5.34. The molecule has 0 aliphatic carbocycles. The Kier molecular flexibility index (Phi) is 6.34. The minimum absolute atomic E-state index is 0.422. The van der Waals surface area contributed by atoms with E-state index >= 15 is 0 Å². The molecule has 1 aromatic rings. The molecule has 80 valence electrons. The Morgan fingerprint density at radius 1 is 1.00 bits per heavy atom. The second-order valence-electron chi connectivity index (χ2n) is 2.99. The Morgan fingerprint density at radius 2 is 1.29 bits per heavy atom. The lowest BCUT2D eigenvalue weighted by molar-refractivity contribution is 0.466. The highest BCUT2D eigenvalue weighted by Gasteiger charge is 1.98. The number of hydrogen-bond acceptors (Lipinski definition) is 1. The Bertz CT molecular complexity index is 272. The number of hydrogen-bond donors (Lipinski definition) is 1. The molecule has 1 N–H and O–H groups in total. The summed E-state index contributed by atoms with van der Waals surface area (Å²) in [5, 5.41) is 9.33. The van der Waals surface area contributed by atoms with Gasteiger partial charge in [0.2, 0.25) is 0 Å². The largest absolute Gasteiger partial charge is 0.507 e. The van der Waals surface area contributed by atoms with Crippen LogP contribution in [0, 0.1) is 20.8 Å². The molecule has 0 spiro atoms. The van der Waals surface area contributed by atoms with Crippen LogP contribution in [0.4, 0.5) is 0 Å². The van der Waals surface area contributed by atoms with Crippen molar-refractivity contribution in [3.63, 3.8) is 0 Å². The first kappa shape index (κ1) is 13.9. The lowest BCUT2D eigenvalue weighted by Gasteiger charge is -2.03. The smallest absolute Gasteiger partial charge is 0.180 e. The highest BCUT2D eigenvalue weighted by molar-refractivity contribution is 6.63. The lowest BCUT2D eigenvalue weighted by atomic mass is 10.1. The predicted molar refractivity (Wildman–Crippen MR) is 63.7 cm³/mol. The van der Waals surface area contributed by atoms with Gasteiger partial charge in [-0.05, 0) is 31.9 Å². The molecule has 0 amide bonds. The first-order valence-electron chi connectivity index (χ1n) is 4.03. The molecular formula is C10H13Cl3O. The number of aromatic hydroxyl groups is 1. The maximum absolute atomic E-state index is 9.33. The van der Waals surface area contributed by atoms with Gasteiger partial charge in [0, 0.05) is 0 Å². The first-order chi connectivity index (χ1) is 6.34. The van der Waals surface area contributed by atoms with Crippen molar-refractivity contribution in [2.45, 2.75) is 25.1 Å². The molecular weight excluding hydrogens is 242 g/mol. The minimum atomic E-state index is -0.750. The molecule has 4 heteroatoms. The normalized spacial score (nSPS) is 9.64. The van der Waals surface area contributed by atoms with E-state index in [-0.39, 0.29) is 0 Å². The highest BCUT2D eigenvalue weighted by atomic mass is 35.6. The standard InChI is InChI=1S/C9H12O.CHCl3/c1-6-4-7(2)9(10)8(3)5-6;2-1(3)4/h4-5,10H,1-3H3;1H. The quantitative estimate of drug-likeness (QED) is 0.685. The van der Waals surface area contributed by atoms with Crippen molar-refractivity contribution >= 4 is 34.8 Å². The molecule has 1 aromatic carbocycles. The zero-order chi connectivity index (χ0) is 11.3. The Labute approximate surface area is 99.6 Å². The number of alkyl halides is 3. The zero-order valence-electron chi connectivity index (χ0n) is 8.31. The molecule has 0 aliphatic heterocycles. The number of phenolic OH excluding ortho intramolecular Hbond substituents is 1. The van der Waals surface area contributed by atoms with Crippen LogP contribution in [-0.2, 0) is 0 Å². The molecule has 0 aromatic heterocycles. The zero-order valence-corrected chi connectivity index (χ0v) is 10.6. The van der Waals surface area contributed by atoms with Gasteiger partial charge in [-0.15, -0.1) is 0 Å². The second-order valence-corrected chi connectivity index (χ2v) is 4.97. The average Bonchev–Trinajstić information content (AvgIpc) is 1.98. The fourth-order valence-electron chi connectivity index (χ4n) is 1.17. The van der Waals surface area contributed by atoms with Crippen LogP contribution >= 0.6 is 34.8 Å². The molecule has 0 atom stereocenters. The van der Waals surface area contributed by atoms with E-state index < -0.39 is 4.30 Å². The van der Waals surface area contributed by atoms with Crippen molar-refractivity contribution in [3.05, 3.63) is 28.8 Å². The van der Waals surface area contributed by atoms with Crippen molar-refractivity contribution in [3.8, 4) is 5.75 Å². The van der Waals surface area contributed by atoms with E-state index in [9.17, 15) is 5.11 Å². The van der Waals surface area contributed by atoms with Gasteiger partial charge < -0.3 is 5.11 Å². The molecule has 14 heavy (non-hydrogen) atoms. The van der Waals surface area contributed by atoms with Crippen LogP contribution in [0.15, 0.2) is 12.1 Å². The molecule has 1 rings (SSSR count). The second kappa shape index (κ2) is 6.39. The molecule has 0 saturated carbocycles. The van der Waals surface area contributed by atoms with Gasteiger partial charge in [0.05, 0.1) is 0 Å².